The van der Waals surface area contributed by atoms with Crippen molar-refractivity contribution in [3.8, 4) is 5.75 Å². The molecule has 1 atom stereocenters. The molecule has 164 valence electrons. The molecule has 0 fully saturated rings. The van der Waals surface area contributed by atoms with Crippen LogP contribution >= 0.6 is 11.6 Å². The Morgan fingerprint density at radius 2 is 1.68 bits per heavy atom. The fraction of sp³-hybridized carbons (Fsp3) is 0.261. The van der Waals surface area contributed by atoms with Crippen LogP contribution in [0.1, 0.15) is 36.2 Å². The van der Waals surface area contributed by atoms with Gasteiger partial charge in [-0.3, -0.25) is 9.59 Å². The number of aliphatic carboxylic acids is 1. The summed E-state index contributed by atoms with van der Waals surface area (Å²) in [4.78, 5) is 37.1. The molecule has 0 aromatic heterocycles. The first-order chi connectivity index (χ1) is 14.7. The van der Waals surface area contributed by atoms with Gasteiger partial charge in [-0.25, -0.2) is 4.79 Å². The van der Waals surface area contributed by atoms with Gasteiger partial charge in [0.05, 0.1) is 7.11 Å². The first-order valence-corrected chi connectivity index (χ1v) is 10.0. The molecule has 31 heavy (non-hydrogen) atoms. The summed E-state index contributed by atoms with van der Waals surface area (Å²) >= 11 is 5.91. The first-order valence-electron chi connectivity index (χ1n) is 9.66. The molecule has 0 aliphatic rings. The second kappa shape index (κ2) is 11.2. The zero-order valence-electron chi connectivity index (χ0n) is 17.5. The van der Waals surface area contributed by atoms with Gasteiger partial charge in [0.2, 0.25) is 0 Å². The van der Waals surface area contributed by atoms with Gasteiger partial charge in [-0.15, -0.1) is 0 Å². The van der Waals surface area contributed by atoms with Crippen molar-refractivity contribution in [3.63, 3.8) is 0 Å². The van der Waals surface area contributed by atoms with Crippen molar-refractivity contribution in [3.05, 3.63) is 70.4 Å². The molecule has 2 amide bonds. The van der Waals surface area contributed by atoms with Gasteiger partial charge in [-0.1, -0.05) is 37.6 Å². The third-order valence-electron chi connectivity index (χ3n) is 4.34. The van der Waals surface area contributed by atoms with Crippen LogP contribution in [0.3, 0.4) is 0 Å². The van der Waals surface area contributed by atoms with Gasteiger partial charge in [-0.05, 0) is 60.4 Å². The van der Waals surface area contributed by atoms with E-state index >= 15 is 0 Å². The number of carboxylic acids is 1. The molecule has 0 saturated carbocycles. The predicted octanol–water partition coefficient (Wildman–Crippen LogP) is 3.74. The van der Waals surface area contributed by atoms with Crippen LogP contribution in [-0.4, -0.2) is 36.0 Å². The number of carbonyl (C=O) groups excluding carboxylic acids is 2. The van der Waals surface area contributed by atoms with E-state index in [1.807, 2.05) is 13.8 Å². The van der Waals surface area contributed by atoms with Gasteiger partial charge < -0.3 is 20.5 Å². The number of benzene rings is 2. The highest BCUT2D eigenvalue weighted by molar-refractivity contribution is 6.30. The summed E-state index contributed by atoms with van der Waals surface area (Å²) in [6, 6.07) is 11.9. The minimum Gasteiger partial charge on any atom is -0.497 e. The lowest BCUT2D eigenvalue weighted by Crippen LogP contribution is -2.45. The normalized spacial score (nSPS) is 12.2. The summed E-state index contributed by atoms with van der Waals surface area (Å²) < 4.78 is 5.08. The highest BCUT2D eigenvalue weighted by atomic mass is 35.5. The van der Waals surface area contributed by atoms with E-state index in [-0.39, 0.29) is 18.0 Å². The quantitative estimate of drug-likeness (QED) is 0.511. The van der Waals surface area contributed by atoms with Crippen LogP contribution in [0.2, 0.25) is 5.02 Å². The number of nitrogens with one attached hydrogen (secondary N) is 2. The maximum Gasteiger partial charge on any atom is 0.326 e. The number of ether oxygens (including phenoxy) is 1. The zero-order valence-corrected chi connectivity index (χ0v) is 18.3. The Bertz CT molecular complexity index is 953. The van der Waals surface area contributed by atoms with E-state index in [1.165, 1.54) is 13.2 Å². The minimum atomic E-state index is -1.14. The second-order valence-corrected chi connectivity index (χ2v) is 7.72. The van der Waals surface area contributed by atoms with Crippen LogP contribution in [0.4, 0.5) is 0 Å². The van der Waals surface area contributed by atoms with E-state index in [0.29, 0.717) is 21.9 Å². The van der Waals surface area contributed by atoms with Crippen LogP contribution in [0.15, 0.2) is 54.2 Å². The SMILES string of the molecule is COc1ccc(C(=O)N/C(=C\c2ccc(Cl)cc2)C(=O)N[C@H](CC(C)C)C(=O)O)cc1. The topological polar surface area (TPSA) is 105 Å². The largest absolute Gasteiger partial charge is 0.497 e. The Labute approximate surface area is 186 Å². The average molecular weight is 445 g/mol. The molecule has 2 rings (SSSR count). The molecule has 3 N–H and O–H groups in total. The minimum absolute atomic E-state index is 0.0546. The molecule has 0 heterocycles. The molecule has 2 aromatic carbocycles. The number of carboxylic acid groups (broad SMARTS) is 1. The lowest BCUT2D eigenvalue weighted by atomic mass is 10.0. The van der Waals surface area contributed by atoms with E-state index in [9.17, 15) is 19.5 Å². The van der Waals surface area contributed by atoms with Gasteiger partial charge in [0.1, 0.15) is 17.5 Å². The van der Waals surface area contributed by atoms with E-state index in [2.05, 4.69) is 10.6 Å². The number of methoxy groups -OCH3 is 1. The van der Waals surface area contributed by atoms with E-state index in [0.717, 1.165) is 0 Å². The van der Waals surface area contributed by atoms with E-state index < -0.39 is 23.8 Å². The number of halogens is 1. The van der Waals surface area contributed by atoms with Gasteiger partial charge in [0, 0.05) is 10.6 Å². The zero-order chi connectivity index (χ0) is 23.0. The highest BCUT2D eigenvalue weighted by Gasteiger charge is 2.24. The van der Waals surface area contributed by atoms with Gasteiger partial charge in [-0.2, -0.15) is 0 Å². The summed E-state index contributed by atoms with van der Waals surface area (Å²) in [6.45, 7) is 3.72. The molecule has 0 saturated heterocycles. The number of carbonyl (C=O) groups is 3. The van der Waals surface area contributed by atoms with Crippen molar-refractivity contribution < 1.29 is 24.2 Å². The monoisotopic (exact) mass is 444 g/mol. The molecule has 0 aliphatic heterocycles. The number of hydrogen-bond acceptors (Lipinski definition) is 4. The second-order valence-electron chi connectivity index (χ2n) is 7.29. The summed E-state index contributed by atoms with van der Waals surface area (Å²) in [7, 11) is 1.52. The molecular weight excluding hydrogens is 420 g/mol. The maximum atomic E-state index is 12.9. The average Bonchev–Trinajstić information content (AvgIpc) is 2.73. The Morgan fingerprint density at radius 3 is 2.19 bits per heavy atom. The maximum absolute atomic E-state index is 12.9. The Morgan fingerprint density at radius 1 is 1.06 bits per heavy atom. The Kier molecular flexibility index (Phi) is 8.63. The molecule has 0 unspecified atom stereocenters. The third-order valence-corrected chi connectivity index (χ3v) is 4.59. The standard InChI is InChI=1S/C23H25ClN2O5/c1-14(2)12-20(23(29)30)26-22(28)19(13-15-4-8-17(24)9-5-15)25-21(27)16-6-10-18(31-3)11-7-16/h4-11,13-14,20H,12H2,1-3H3,(H,25,27)(H,26,28)(H,29,30)/b19-13-/t20-/m1/s1. The predicted molar refractivity (Wildman–Crippen MR) is 119 cm³/mol. The van der Waals surface area contributed by atoms with Crippen molar-refractivity contribution >= 4 is 35.5 Å². The summed E-state index contributed by atoms with van der Waals surface area (Å²) in [5, 5.41) is 15.0. The highest BCUT2D eigenvalue weighted by Crippen LogP contribution is 2.15. The molecule has 0 bridgehead atoms. The van der Waals surface area contributed by atoms with Gasteiger partial charge in [0.25, 0.3) is 11.8 Å². The van der Waals surface area contributed by atoms with Crippen molar-refractivity contribution in [1.82, 2.24) is 10.6 Å². The smallest absolute Gasteiger partial charge is 0.326 e. The van der Waals surface area contributed by atoms with Crippen LogP contribution in [0.25, 0.3) is 6.08 Å². The summed E-state index contributed by atoms with van der Waals surface area (Å²) in [6.07, 6.45) is 1.71. The lowest BCUT2D eigenvalue weighted by molar-refractivity contribution is -0.141. The molecule has 0 spiro atoms. The Hall–Kier alpha value is -3.32. The summed E-state index contributed by atoms with van der Waals surface area (Å²) in [5.41, 5.74) is 0.839. The molecule has 0 radical (unpaired) electrons. The van der Waals surface area contributed by atoms with E-state index in [4.69, 9.17) is 16.3 Å². The summed E-state index contributed by atoms with van der Waals surface area (Å²) in [5.74, 6) is -1.73. The van der Waals surface area contributed by atoms with Gasteiger partial charge in [0.15, 0.2) is 0 Å². The van der Waals surface area contributed by atoms with Crippen LogP contribution in [0, 0.1) is 5.92 Å². The Balaban J connectivity index is 2.30. The lowest BCUT2D eigenvalue weighted by Gasteiger charge is -2.18. The number of hydrogen-bond donors (Lipinski definition) is 3. The van der Waals surface area contributed by atoms with Gasteiger partial charge >= 0.3 is 5.97 Å². The van der Waals surface area contributed by atoms with Crippen LogP contribution < -0.4 is 15.4 Å². The number of rotatable bonds is 9. The fourth-order valence-corrected chi connectivity index (χ4v) is 2.88. The van der Waals surface area contributed by atoms with E-state index in [1.54, 1.807) is 48.5 Å². The molecule has 7 nitrogen and oxygen atoms in total. The van der Waals surface area contributed by atoms with Crippen molar-refractivity contribution in [2.75, 3.05) is 7.11 Å². The van der Waals surface area contributed by atoms with Crippen molar-refractivity contribution in [2.24, 2.45) is 5.92 Å². The molecule has 2 aromatic rings. The third kappa shape index (κ3) is 7.46. The van der Waals surface area contributed by atoms with Crippen LogP contribution in [0.5, 0.6) is 5.75 Å². The first kappa shape index (κ1) is 24.0. The molecule has 0 aliphatic carbocycles. The van der Waals surface area contributed by atoms with Crippen LogP contribution in [-0.2, 0) is 9.59 Å². The number of amides is 2. The fourth-order valence-electron chi connectivity index (χ4n) is 2.75. The van der Waals surface area contributed by atoms with Crippen molar-refractivity contribution in [1.29, 1.82) is 0 Å². The molecule has 8 heteroatoms. The molecular formula is C23H25ClN2O5. The van der Waals surface area contributed by atoms with Crippen molar-refractivity contribution in [2.45, 2.75) is 26.3 Å².